The number of nitrogens with two attached hydrogens (primary N) is 1. The molecule has 2 saturated heterocycles. The van der Waals surface area contributed by atoms with Crippen molar-refractivity contribution in [3.63, 3.8) is 0 Å². The third-order valence-electron chi connectivity index (χ3n) is 7.66. The summed E-state index contributed by atoms with van der Waals surface area (Å²) in [5, 5.41) is 15.7. The van der Waals surface area contributed by atoms with Crippen LogP contribution in [0.3, 0.4) is 0 Å². The van der Waals surface area contributed by atoms with Gasteiger partial charge in [-0.3, -0.25) is 4.79 Å². The summed E-state index contributed by atoms with van der Waals surface area (Å²) in [7, 11) is 1.64. The fourth-order valence-electron chi connectivity index (χ4n) is 5.95. The number of rotatable bonds is 6. The van der Waals surface area contributed by atoms with Crippen molar-refractivity contribution in [2.45, 2.75) is 24.9 Å². The number of Topliss-reactive ketones (excluding diaryl/α,β-unsaturated/α-hetero) is 1. The third kappa shape index (κ3) is 4.01. The minimum atomic E-state index is -0.624. The molecule has 0 spiro atoms. The zero-order valence-electron chi connectivity index (χ0n) is 20.9. The van der Waals surface area contributed by atoms with Crippen LogP contribution < -0.4 is 21.0 Å². The molecule has 0 aromatic heterocycles. The van der Waals surface area contributed by atoms with Crippen LogP contribution in [-0.2, 0) is 4.74 Å². The van der Waals surface area contributed by atoms with E-state index in [9.17, 15) is 9.59 Å². The molecule has 2 amide bonds. The number of carbonyl (C=O) groups is 2. The summed E-state index contributed by atoms with van der Waals surface area (Å²) < 4.78 is 5.38. The van der Waals surface area contributed by atoms with Crippen molar-refractivity contribution >= 4 is 28.9 Å². The number of carbonyl (C=O) groups excluding carboxylic acids is 2. The van der Waals surface area contributed by atoms with Gasteiger partial charge in [0.1, 0.15) is 11.7 Å². The molecular formula is C27H31N7O3. The van der Waals surface area contributed by atoms with Gasteiger partial charge in [0.05, 0.1) is 29.5 Å². The van der Waals surface area contributed by atoms with Gasteiger partial charge in [-0.05, 0) is 36.6 Å². The number of amides is 2. The fraction of sp³-hybridized carbons (Fsp3) is 0.407. The number of nitrogens with one attached hydrogen (secondary N) is 1. The molecule has 37 heavy (non-hydrogen) atoms. The molecule has 0 radical (unpaired) electrons. The van der Waals surface area contributed by atoms with E-state index in [0.29, 0.717) is 35.7 Å². The van der Waals surface area contributed by atoms with Crippen LogP contribution in [0.1, 0.15) is 40.4 Å². The van der Waals surface area contributed by atoms with Crippen molar-refractivity contribution in [2.24, 2.45) is 16.0 Å². The van der Waals surface area contributed by atoms with Crippen molar-refractivity contribution in [2.75, 3.05) is 56.3 Å². The quantitative estimate of drug-likeness (QED) is 0.628. The summed E-state index contributed by atoms with van der Waals surface area (Å²) in [4.78, 5) is 29.0. The van der Waals surface area contributed by atoms with Gasteiger partial charge < -0.3 is 20.7 Å². The Morgan fingerprint density at radius 2 is 1.95 bits per heavy atom. The molecule has 192 valence electrons. The largest absolute Gasteiger partial charge is 0.383 e. The number of primary amides is 1. The highest BCUT2D eigenvalue weighted by molar-refractivity contribution is 6.22. The first-order valence-electron chi connectivity index (χ1n) is 12.8. The average molecular weight is 502 g/mol. The molecular weight excluding hydrogens is 470 g/mol. The van der Waals surface area contributed by atoms with Gasteiger partial charge in [0.2, 0.25) is 0 Å². The average Bonchev–Trinajstić information content (AvgIpc) is 3.63. The SMILES string of the molecule is COC[C@@H]1CCCN1N(C(N)=O)c1cccc2c1C(=O)C1=C(c3ccc(N4CCNCC4)cc3)N=NC12. The van der Waals surface area contributed by atoms with Gasteiger partial charge in [-0.2, -0.15) is 10.2 Å². The van der Waals surface area contributed by atoms with Crippen LogP contribution in [0.5, 0.6) is 0 Å². The maximum Gasteiger partial charge on any atom is 0.334 e. The number of ether oxygens (including phenoxy) is 1. The topological polar surface area (TPSA) is 116 Å². The molecule has 10 nitrogen and oxygen atoms in total. The van der Waals surface area contributed by atoms with Crippen LogP contribution >= 0.6 is 0 Å². The maximum atomic E-state index is 13.9. The minimum absolute atomic E-state index is 0.00743. The molecule has 3 N–H and O–H groups in total. The number of hydrogen-bond acceptors (Lipinski definition) is 8. The summed E-state index contributed by atoms with van der Waals surface area (Å²) in [5.41, 5.74) is 10.8. The highest BCUT2D eigenvalue weighted by Crippen LogP contribution is 2.50. The minimum Gasteiger partial charge on any atom is -0.383 e. The van der Waals surface area contributed by atoms with Gasteiger partial charge in [-0.1, -0.05) is 24.3 Å². The molecule has 10 heteroatoms. The lowest BCUT2D eigenvalue weighted by Gasteiger charge is -2.35. The molecule has 4 aliphatic rings. The van der Waals surface area contributed by atoms with E-state index in [1.54, 1.807) is 13.2 Å². The Morgan fingerprint density at radius 3 is 2.68 bits per heavy atom. The number of anilines is 2. The summed E-state index contributed by atoms with van der Waals surface area (Å²) >= 11 is 0. The van der Waals surface area contributed by atoms with Crippen LogP contribution in [0.15, 0.2) is 58.3 Å². The van der Waals surface area contributed by atoms with E-state index in [1.807, 2.05) is 29.3 Å². The number of nitrogens with zero attached hydrogens (tertiary/aromatic N) is 5. The van der Waals surface area contributed by atoms with E-state index >= 15 is 0 Å². The number of hydrogen-bond donors (Lipinski definition) is 2. The molecule has 1 aliphatic carbocycles. The Kier molecular flexibility index (Phi) is 6.23. The first-order valence-corrected chi connectivity index (χ1v) is 12.8. The predicted molar refractivity (Wildman–Crippen MR) is 140 cm³/mol. The first-order chi connectivity index (χ1) is 18.1. The molecule has 0 bridgehead atoms. The lowest BCUT2D eigenvalue weighted by molar-refractivity contribution is 0.103. The van der Waals surface area contributed by atoms with E-state index < -0.39 is 12.1 Å². The van der Waals surface area contributed by atoms with Crippen LogP contribution in [0.25, 0.3) is 5.70 Å². The number of benzene rings is 2. The Balaban J connectivity index is 1.36. The predicted octanol–water partition coefficient (Wildman–Crippen LogP) is 3.12. The maximum absolute atomic E-state index is 13.9. The van der Waals surface area contributed by atoms with E-state index in [1.165, 1.54) is 5.01 Å². The Labute approximate surface area is 215 Å². The number of azo groups is 1. The molecule has 6 rings (SSSR count). The van der Waals surface area contributed by atoms with Gasteiger partial charge in [-0.15, -0.1) is 0 Å². The van der Waals surface area contributed by atoms with E-state index in [0.717, 1.165) is 55.8 Å². The van der Waals surface area contributed by atoms with Crippen molar-refractivity contribution < 1.29 is 14.3 Å². The van der Waals surface area contributed by atoms with Gasteiger partial charge in [-0.25, -0.2) is 14.8 Å². The second kappa shape index (κ2) is 9.70. The van der Waals surface area contributed by atoms with Gasteiger partial charge >= 0.3 is 6.03 Å². The van der Waals surface area contributed by atoms with E-state index in [-0.39, 0.29) is 11.8 Å². The summed E-state index contributed by atoms with van der Waals surface area (Å²) in [5.74, 6) is -0.157. The fourth-order valence-corrected chi connectivity index (χ4v) is 5.95. The second-order valence-electron chi connectivity index (χ2n) is 9.80. The van der Waals surface area contributed by atoms with Gasteiger partial charge in [0.25, 0.3) is 0 Å². The van der Waals surface area contributed by atoms with Crippen molar-refractivity contribution in [3.05, 3.63) is 64.7 Å². The van der Waals surface area contributed by atoms with Crippen molar-refractivity contribution in [1.29, 1.82) is 0 Å². The Hall–Kier alpha value is -3.60. The number of urea groups is 1. The zero-order valence-corrected chi connectivity index (χ0v) is 20.9. The molecule has 1 unspecified atom stereocenters. The number of ketones is 1. The summed E-state index contributed by atoms with van der Waals surface area (Å²) in [6.45, 7) is 4.99. The van der Waals surface area contributed by atoms with E-state index in [2.05, 4.69) is 32.6 Å². The lowest BCUT2D eigenvalue weighted by atomic mass is 10.0. The van der Waals surface area contributed by atoms with Crippen LogP contribution in [0, 0.1) is 0 Å². The molecule has 3 heterocycles. The molecule has 2 aromatic carbocycles. The molecule has 2 fully saturated rings. The monoisotopic (exact) mass is 501 g/mol. The molecule has 3 aliphatic heterocycles. The van der Waals surface area contributed by atoms with Crippen LogP contribution in [0.4, 0.5) is 16.2 Å². The standard InChI is InChI=1S/C27H31N7O3/c1-37-16-19-4-3-13-33(19)34(27(28)36)21-6-2-5-20-22(21)26(35)23-24(30-31-25(20)23)17-7-9-18(10-8-17)32-14-11-29-12-15-32/h2,5-10,19,25,29H,3-4,11-16H2,1H3,(H2,28,36)/t19-,25?/m0/s1. The summed E-state index contributed by atoms with van der Waals surface area (Å²) in [6, 6.07) is 12.6. The smallest absolute Gasteiger partial charge is 0.334 e. The number of hydrazine groups is 1. The first kappa shape index (κ1) is 23.8. The zero-order chi connectivity index (χ0) is 25.5. The number of piperazine rings is 1. The highest BCUT2D eigenvalue weighted by Gasteiger charge is 2.44. The molecule has 2 aromatic rings. The third-order valence-corrected chi connectivity index (χ3v) is 7.66. The van der Waals surface area contributed by atoms with Crippen molar-refractivity contribution in [1.82, 2.24) is 10.3 Å². The van der Waals surface area contributed by atoms with E-state index in [4.69, 9.17) is 10.5 Å². The highest BCUT2D eigenvalue weighted by atomic mass is 16.5. The number of fused-ring (bicyclic) bond motifs is 3. The lowest BCUT2D eigenvalue weighted by Crippen LogP contribution is -2.53. The second-order valence-corrected chi connectivity index (χ2v) is 9.80. The van der Waals surface area contributed by atoms with Crippen LogP contribution in [0.2, 0.25) is 0 Å². The summed E-state index contributed by atoms with van der Waals surface area (Å²) in [6.07, 6.45) is 1.80. The molecule has 0 saturated carbocycles. The van der Waals surface area contributed by atoms with Gasteiger partial charge in [0, 0.05) is 51.1 Å². The number of methoxy groups -OCH3 is 1. The van der Waals surface area contributed by atoms with Crippen LogP contribution in [-0.4, -0.2) is 69.3 Å². The van der Waals surface area contributed by atoms with Crippen molar-refractivity contribution in [3.8, 4) is 0 Å². The Bertz CT molecular complexity index is 1280. The Morgan fingerprint density at radius 1 is 1.16 bits per heavy atom. The molecule has 2 atom stereocenters. The van der Waals surface area contributed by atoms with Gasteiger partial charge in [0.15, 0.2) is 5.78 Å². The normalized spacial score (nSPS) is 23.1.